The van der Waals surface area contributed by atoms with Crippen molar-refractivity contribution in [1.29, 1.82) is 0 Å². The molecule has 19 heavy (non-hydrogen) atoms. The van der Waals surface area contributed by atoms with E-state index in [1.807, 2.05) is 51.1 Å². The maximum atomic E-state index is 10.6. The van der Waals surface area contributed by atoms with Gasteiger partial charge in [0.05, 0.1) is 0 Å². The molecule has 2 nitrogen and oxygen atoms in total. The van der Waals surface area contributed by atoms with E-state index in [2.05, 4.69) is 0 Å². The molecule has 0 aliphatic heterocycles. The van der Waals surface area contributed by atoms with Crippen molar-refractivity contribution in [2.75, 3.05) is 0 Å². The lowest BCUT2D eigenvalue weighted by molar-refractivity contribution is -0.117. The molecule has 1 aromatic rings. The SMILES string of the molecule is CC.CC(=O)CCc1ccccc1.CCCC(C)=O. The van der Waals surface area contributed by atoms with Crippen molar-refractivity contribution in [3.05, 3.63) is 35.9 Å². The van der Waals surface area contributed by atoms with Gasteiger partial charge in [-0.3, -0.25) is 0 Å². The van der Waals surface area contributed by atoms with Gasteiger partial charge in [0.25, 0.3) is 0 Å². The lowest BCUT2D eigenvalue weighted by atomic mass is 10.1. The summed E-state index contributed by atoms with van der Waals surface area (Å²) < 4.78 is 0. The molecular formula is C17H28O2. The third-order valence-corrected chi connectivity index (χ3v) is 2.21. The number of carbonyl (C=O) groups is 2. The van der Waals surface area contributed by atoms with Gasteiger partial charge in [-0.05, 0) is 32.3 Å². The minimum Gasteiger partial charge on any atom is -0.300 e. The molecule has 0 aromatic heterocycles. The summed E-state index contributed by atoms with van der Waals surface area (Å²) >= 11 is 0. The van der Waals surface area contributed by atoms with Crippen LogP contribution in [0.4, 0.5) is 0 Å². The van der Waals surface area contributed by atoms with Crippen LogP contribution < -0.4 is 0 Å². The highest BCUT2D eigenvalue weighted by atomic mass is 16.1. The van der Waals surface area contributed by atoms with Gasteiger partial charge in [0, 0.05) is 12.8 Å². The molecule has 0 atom stereocenters. The smallest absolute Gasteiger partial charge is 0.130 e. The summed E-state index contributed by atoms with van der Waals surface area (Å²) in [5, 5.41) is 0. The summed E-state index contributed by atoms with van der Waals surface area (Å²) in [6.07, 6.45) is 3.25. The first-order valence-corrected chi connectivity index (χ1v) is 7.09. The molecule has 0 amide bonds. The second kappa shape index (κ2) is 14.6. The van der Waals surface area contributed by atoms with Crippen LogP contribution in [0.15, 0.2) is 30.3 Å². The van der Waals surface area contributed by atoms with Crippen molar-refractivity contribution in [2.45, 2.75) is 60.3 Å². The Labute approximate surface area is 118 Å². The number of hydrogen-bond acceptors (Lipinski definition) is 2. The molecule has 0 radical (unpaired) electrons. The summed E-state index contributed by atoms with van der Waals surface area (Å²) in [5.41, 5.74) is 1.24. The van der Waals surface area contributed by atoms with Gasteiger partial charge < -0.3 is 9.59 Å². The molecule has 0 saturated heterocycles. The molecule has 0 saturated carbocycles. The number of rotatable bonds is 5. The molecule has 0 heterocycles. The number of hydrogen-bond donors (Lipinski definition) is 0. The Balaban J connectivity index is 0. The average molecular weight is 264 g/mol. The van der Waals surface area contributed by atoms with E-state index in [9.17, 15) is 9.59 Å². The number of benzene rings is 1. The first kappa shape index (κ1) is 19.9. The van der Waals surface area contributed by atoms with E-state index in [0.29, 0.717) is 6.42 Å². The Morgan fingerprint density at radius 3 is 1.68 bits per heavy atom. The molecule has 1 aromatic carbocycles. The second-order valence-corrected chi connectivity index (χ2v) is 4.14. The monoisotopic (exact) mass is 264 g/mol. The van der Waals surface area contributed by atoms with Gasteiger partial charge in [-0.2, -0.15) is 0 Å². The number of Topliss-reactive ketones (excluding diaryl/α,β-unsaturated/α-hetero) is 2. The van der Waals surface area contributed by atoms with Gasteiger partial charge >= 0.3 is 0 Å². The minimum absolute atomic E-state index is 0.258. The third-order valence-electron chi connectivity index (χ3n) is 2.21. The molecule has 0 spiro atoms. The molecule has 0 aliphatic rings. The highest BCUT2D eigenvalue weighted by Crippen LogP contribution is 2.01. The fourth-order valence-corrected chi connectivity index (χ4v) is 1.32. The normalized spacial score (nSPS) is 8.47. The molecule has 0 aliphatic carbocycles. The van der Waals surface area contributed by atoms with Gasteiger partial charge in [0.15, 0.2) is 0 Å². The zero-order chi connectivity index (χ0) is 15.1. The number of ketones is 2. The van der Waals surface area contributed by atoms with E-state index < -0.39 is 0 Å². The fourth-order valence-electron chi connectivity index (χ4n) is 1.32. The lowest BCUT2D eigenvalue weighted by Crippen LogP contribution is -1.92. The van der Waals surface area contributed by atoms with E-state index >= 15 is 0 Å². The first-order valence-electron chi connectivity index (χ1n) is 7.09. The van der Waals surface area contributed by atoms with E-state index in [0.717, 1.165) is 19.3 Å². The summed E-state index contributed by atoms with van der Waals surface area (Å²) in [6.45, 7) is 9.24. The average Bonchev–Trinajstić information content (AvgIpc) is 2.40. The van der Waals surface area contributed by atoms with Crippen LogP contribution in [0.2, 0.25) is 0 Å². The Kier molecular flexibility index (Phi) is 15.3. The van der Waals surface area contributed by atoms with Crippen molar-refractivity contribution in [3.63, 3.8) is 0 Å². The highest BCUT2D eigenvalue weighted by molar-refractivity contribution is 5.75. The fraction of sp³-hybridized carbons (Fsp3) is 0.529. The van der Waals surface area contributed by atoms with Gasteiger partial charge in [0.2, 0.25) is 0 Å². The predicted octanol–water partition coefficient (Wildman–Crippen LogP) is 4.61. The first-order chi connectivity index (χ1) is 9.06. The van der Waals surface area contributed by atoms with Crippen LogP contribution in [0.1, 0.15) is 59.4 Å². The topological polar surface area (TPSA) is 34.1 Å². The zero-order valence-electron chi connectivity index (χ0n) is 13.0. The summed E-state index contributed by atoms with van der Waals surface area (Å²) in [4.78, 5) is 20.7. The van der Waals surface area contributed by atoms with Crippen LogP contribution in [-0.4, -0.2) is 11.6 Å². The molecule has 1 rings (SSSR count). The second-order valence-electron chi connectivity index (χ2n) is 4.14. The van der Waals surface area contributed by atoms with Crippen LogP contribution in [0.5, 0.6) is 0 Å². The number of aryl methyl sites for hydroxylation is 1. The summed E-state index contributed by atoms with van der Waals surface area (Å²) in [7, 11) is 0. The summed E-state index contributed by atoms with van der Waals surface area (Å²) in [6, 6.07) is 10.1. The summed E-state index contributed by atoms with van der Waals surface area (Å²) in [5.74, 6) is 0.548. The van der Waals surface area contributed by atoms with E-state index in [-0.39, 0.29) is 11.6 Å². The molecule has 0 unspecified atom stereocenters. The van der Waals surface area contributed by atoms with Crippen LogP contribution >= 0.6 is 0 Å². The van der Waals surface area contributed by atoms with Crippen molar-refractivity contribution < 1.29 is 9.59 Å². The molecule has 0 fully saturated rings. The van der Waals surface area contributed by atoms with Crippen LogP contribution in [0, 0.1) is 0 Å². The highest BCUT2D eigenvalue weighted by Gasteiger charge is 1.94. The van der Waals surface area contributed by atoms with E-state index in [1.54, 1.807) is 13.8 Å². The molecule has 108 valence electrons. The quantitative estimate of drug-likeness (QED) is 0.778. The standard InChI is InChI=1S/C10H12O.C5H10O.C2H6/c1-9(11)7-8-10-5-3-2-4-6-10;1-3-4-5(2)6;1-2/h2-6H,7-8H2,1H3;3-4H2,1-2H3;1-2H3. The minimum atomic E-state index is 0.258. The Bertz CT molecular complexity index is 328. The van der Waals surface area contributed by atoms with Crippen molar-refractivity contribution in [3.8, 4) is 0 Å². The predicted molar refractivity (Wildman–Crippen MR) is 82.4 cm³/mol. The van der Waals surface area contributed by atoms with Gasteiger partial charge in [-0.15, -0.1) is 0 Å². The van der Waals surface area contributed by atoms with Crippen molar-refractivity contribution >= 4 is 11.6 Å². The zero-order valence-corrected chi connectivity index (χ0v) is 13.0. The Morgan fingerprint density at radius 1 is 0.895 bits per heavy atom. The van der Waals surface area contributed by atoms with Gasteiger partial charge in [-0.1, -0.05) is 51.1 Å². The van der Waals surface area contributed by atoms with Gasteiger partial charge in [0.1, 0.15) is 11.6 Å². The van der Waals surface area contributed by atoms with Crippen LogP contribution in [0.25, 0.3) is 0 Å². The molecule has 2 heteroatoms. The van der Waals surface area contributed by atoms with Crippen LogP contribution in [-0.2, 0) is 16.0 Å². The molecular weight excluding hydrogens is 236 g/mol. The van der Waals surface area contributed by atoms with E-state index in [4.69, 9.17) is 0 Å². The third kappa shape index (κ3) is 16.6. The maximum Gasteiger partial charge on any atom is 0.130 e. The Hall–Kier alpha value is -1.44. The van der Waals surface area contributed by atoms with Crippen LogP contribution in [0.3, 0.4) is 0 Å². The molecule has 0 bridgehead atoms. The van der Waals surface area contributed by atoms with Gasteiger partial charge in [-0.25, -0.2) is 0 Å². The van der Waals surface area contributed by atoms with E-state index in [1.165, 1.54) is 5.56 Å². The molecule has 0 N–H and O–H groups in total. The largest absolute Gasteiger partial charge is 0.300 e. The Morgan fingerprint density at radius 2 is 1.37 bits per heavy atom. The van der Waals surface area contributed by atoms with Crippen molar-refractivity contribution in [2.24, 2.45) is 0 Å². The van der Waals surface area contributed by atoms with Crippen molar-refractivity contribution in [1.82, 2.24) is 0 Å². The number of carbonyl (C=O) groups excluding carboxylic acids is 2. The lowest BCUT2D eigenvalue weighted by Gasteiger charge is -1.96. The maximum absolute atomic E-state index is 10.6.